The fourth-order valence-corrected chi connectivity index (χ4v) is 2.94. The van der Waals surface area contributed by atoms with E-state index in [1.54, 1.807) is 12.4 Å². The number of nitrogens with zero attached hydrogens (tertiary/aromatic N) is 4. The molecule has 8 heteroatoms. The zero-order valence-electron chi connectivity index (χ0n) is 15.3. The van der Waals surface area contributed by atoms with E-state index >= 15 is 0 Å². The monoisotopic (exact) mass is 373 g/mol. The molecule has 0 spiro atoms. The van der Waals surface area contributed by atoms with Crippen LogP contribution in [0.15, 0.2) is 48.9 Å². The standard InChI is InChI=1S/C20H19N7O/c1-12-3-2-4-16(24-12)20-26-18(15-6-8-23-19(15)27-20)13-9-14(11-22-10-13)25-17(28)5-7-21/h2-4,6,8-11H,5,7,21H2,1H3,(H,25,28)(H,23,26,27). The molecule has 0 radical (unpaired) electrons. The lowest BCUT2D eigenvalue weighted by Crippen LogP contribution is -2.16. The summed E-state index contributed by atoms with van der Waals surface area (Å²) in [6.07, 6.45) is 5.37. The molecule has 0 saturated carbocycles. The minimum atomic E-state index is -0.152. The molecule has 4 aromatic heterocycles. The van der Waals surface area contributed by atoms with Crippen LogP contribution in [0.2, 0.25) is 0 Å². The Labute approximate surface area is 161 Å². The van der Waals surface area contributed by atoms with Crippen LogP contribution in [0.5, 0.6) is 0 Å². The Bertz CT molecular complexity index is 1150. The number of carbonyl (C=O) groups excluding carboxylic acids is 1. The molecule has 0 aliphatic heterocycles. The molecule has 1 amide bonds. The van der Waals surface area contributed by atoms with Crippen LogP contribution in [0.1, 0.15) is 12.1 Å². The predicted octanol–water partition coefficient (Wildman–Crippen LogP) is 2.68. The van der Waals surface area contributed by atoms with Crippen molar-refractivity contribution in [3.05, 3.63) is 54.6 Å². The van der Waals surface area contributed by atoms with Crippen LogP contribution >= 0.6 is 0 Å². The largest absolute Gasteiger partial charge is 0.346 e. The van der Waals surface area contributed by atoms with Crippen molar-refractivity contribution in [3.63, 3.8) is 0 Å². The number of hydrogen-bond acceptors (Lipinski definition) is 6. The van der Waals surface area contributed by atoms with Gasteiger partial charge in [-0.3, -0.25) is 9.78 Å². The Morgan fingerprint density at radius 1 is 1.18 bits per heavy atom. The fraction of sp³-hybridized carbons (Fsp3) is 0.150. The van der Waals surface area contributed by atoms with E-state index in [4.69, 9.17) is 10.7 Å². The van der Waals surface area contributed by atoms with Gasteiger partial charge in [0.1, 0.15) is 11.3 Å². The second-order valence-electron chi connectivity index (χ2n) is 6.35. The fourth-order valence-electron chi connectivity index (χ4n) is 2.94. The first-order valence-electron chi connectivity index (χ1n) is 8.88. The smallest absolute Gasteiger partial charge is 0.225 e. The van der Waals surface area contributed by atoms with Gasteiger partial charge in [-0.15, -0.1) is 0 Å². The number of carbonyl (C=O) groups is 1. The van der Waals surface area contributed by atoms with Gasteiger partial charge in [0.15, 0.2) is 5.82 Å². The van der Waals surface area contributed by atoms with Crippen molar-refractivity contribution in [1.82, 2.24) is 24.9 Å². The van der Waals surface area contributed by atoms with Gasteiger partial charge in [-0.1, -0.05) is 6.07 Å². The Kier molecular flexibility index (Phi) is 4.77. The van der Waals surface area contributed by atoms with Crippen molar-refractivity contribution in [2.75, 3.05) is 11.9 Å². The van der Waals surface area contributed by atoms with Gasteiger partial charge < -0.3 is 16.0 Å². The lowest BCUT2D eigenvalue weighted by atomic mass is 10.1. The molecule has 4 heterocycles. The van der Waals surface area contributed by atoms with E-state index < -0.39 is 0 Å². The van der Waals surface area contributed by atoms with Crippen molar-refractivity contribution in [2.24, 2.45) is 5.73 Å². The summed E-state index contributed by atoms with van der Waals surface area (Å²) < 4.78 is 0. The van der Waals surface area contributed by atoms with Gasteiger partial charge in [-0.25, -0.2) is 15.0 Å². The SMILES string of the molecule is Cc1cccc(-c2nc(-c3cncc(NC(=O)CCN)c3)c3cc[nH]c3n2)n1. The number of aromatic amines is 1. The summed E-state index contributed by atoms with van der Waals surface area (Å²) >= 11 is 0. The molecule has 4 N–H and O–H groups in total. The maximum Gasteiger partial charge on any atom is 0.225 e. The maximum atomic E-state index is 11.8. The van der Waals surface area contributed by atoms with Crippen molar-refractivity contribution in [2.45, 2.75) is 13.3 Å². The molecule has 0 aliphatic carbocycles. The molecule has 4 aromatic rings. The number of rotatable bonds is 5. The number of fused-ring (bicyclic) bond motifs is 1. The highest BCUT2D eigenvalue weighted by atomic mass is 16.1. The van der Waals surface area contributed by atoms with Gasteiger partial charge in [-0.2, -0.15) is 0 Å². The van der Waals surface area contributed by atoms with Gasteiger partial charge in [0, 0.05) is 42.0 Å². The third-order valence-electron chi connectivity index (χ3n) is 4.20. The lowest BCUT2D eigenvalue weighted by molar-refractivity contribution is -0.116. The number of nitrogens with one attached hydrogen (secondary N) is 2. The predicted molar refractivity (Wildman–Crippen MR) is 107 cm³/mol. The van der Waals surface area contributed by atoms with Crippen LogP contribution in [-0.2, 0) is 4.79 Å². The number of pyridine rings is 2. The highest BCUT2D eigenvalue weighted by Gasteiger charge is 2.14. The van der Waals surface area contributed by atoms with Gasteiger partial charge in [0.25, 0.3) is 0 Å². The molecule has 0 aliphatic rings. The lowest BCUT2D eigenvalue weighted by Gasteiger charge is -2.09. The second kappa shape index (κ2) is 7.53. The number of H-pyrrole nitrogens is 1. The summed E-state index contributed by atoms with van der Waals surface area (Å²) in [5.41, 5.74) is 9.80. The molecule has 28 heavy (non-hydrogen) atoms. The van der Waals surface area contributed by atoms with Crippen molar-refractivity contribution < 1.29 is 4.79 Å². The molecule has 8 nitrogen and oxygen atoms in total. The van der Waals surface area contributed by atoms with Crippen LogP contribution in [0.3, 0.4) is 0 Å². The Hall–Kier alpha value is -3.65. The minimum absolute atomic E-state index is 0.152. The van der Waals surface area contributed by atoms with Crippen LogP contribution in [0.4, 0.5) is 5.69 Å². The molecular formula is C20H19N7O. The number of anilines is 1. The highest BCUT2D eigenvalue weighted by Crippen LogP contribution is 2.29. The molecule has 0 unspecified atom stereocenters. The van der Waals surface area contributed by atoms with Crippen LogP contribution < -0.4 is 11.1 Å². The number of aromatic nitrogens is 5. The molecule has 0 atom stereocenters. The third-order valence-corrected chi connectivity index (χ3v) is 4.20. The second-order valence-corrected chi connectivity index (χ2v) is 6.35. The first-order chi connectivity index (χ1) is 13.6. The van der Waals surface area contributed by atoms with E-state index in [1.807, 2.05) is 43.5 Å². The van der Waals surface area contributed by atoms with Crippen LogP contribution in [-0.4, -0.2) is 37.4 Å². The number of amides is 1. The summed E-state index contributed by atoms with van der Waals surface area (Å²) in [5, 5.41) is 3.67. The van der Waals surface area contributed by atoms with E-state index in [0.29, 0.717) is 35.1 Å². The molecule has 0 aromatic carbocycles. The average Bonchev–Trinajstić information content (AvgIpc) is 3.16. The van der Waals surface area contributed by atoms with E-state index in [1.165, 1.54) is 0 Å². The van der Waals surface area contributed by atoms with E-state index in [9.17, 15) is 4.79 Å². The molecule has 0 bridgehead atoms. The first-order valence-corrected chi connectivity index (χ1v) is 8.88. The van der Waals surface area contributed by atoms with Gasteiger partial charge in [-0.05, 0) is 31.2 Å². The van der Waals surface area contributed by atoms with E-state index in [2.05, 4.69) is 25.3 Å². The number of hydrogen-bond donors (Lipinski definition) is 3. The summed E-state index contributed by atoms with van der Waals surface area (Å²) in [4.78, 5) is 33.1. The zero-order valence-corrected chi connectivity index (χ0v) is 15.3. The third kappa shape index (κ3) is 3.58. The van der Waals surface area contributed by atoms with Gasteiger partial charge in [0.05, 0.1) is 17.6 Å². The van der Waals surface area contributed by atoms with Gasteiger partial charge >= 0.3 is 0 Å². The van der Waals surface area contributed by atoms with Crippen LogP contribution in [0.25, 0.3) is 33.8 Å². The quantitative estimate of drug-likeness (QED) is 0.494. The first kappa shape index (κ1) is 17.7. The van der Waals surface area contributed by atoms with E-state index in [-0.39, 0.29) is 12.3 Å². The summed E-state index contributed by atoms with van der Waals surface area (Å²) in [6.45, 7) is 2.22. The molecular weight excluding hydrogens is 354 g/mol. The number of aryl methyl sites for hydroxylation is 1. The highest BCUT2D eigenvalue weighted by molar-refractivity contribution is 5.94. The van der Waals surface area contributed by atoms with Crippen molar-refractivity contribution in [1.29, 1.82) is 0 Å². The summed E-state index contributed by atoms with van der Waals surface area (Å²) in [5.74, 6) is 0.367. The summed E-state index contributed by atoms with van der Waals surface area (Å²) in [6, 6.07) is 9.48. The van der Waals surface area contributed by atoms with Crippen molar-refractivity contribution in [3.8, 4) is 22.8 Å². The minimum Gasteiger partial charge on any atom is -0.346 e. The Morgan fingerprint density at radius 3 is 2.89 bits per heavy atom. The Morgan fingerprint density at radius 2 is 2.07 bits per heavy atom. The summed E-state index contributed by atoms with van der Waals surface area (Å²) in [7, 11) is 0. The normalized spacial score (nSPS) is 10.9. The van der Waals surface area contributed by atoms with Crippen molar-refractivity contribution >= 4 is 22.6 Å². The zero-order chi connectivity index (χ0) is 19.5. The molecule has 0 fully saturated rings. The average molecular weight is 373 g/mol. The topological polar surface area (TPSA) is 122 Å². The van der Waals surface area contributed by atoms with E-state index in [0.717, 1.165) is 16.6 Å². The molecule has 0 saturated heterocycles. The van der Waals surface area contributed by atoms with Gasteiger partial charge in [0.2, 0.25) is 5.91 Å². The molecule has 4 rings (SSSR count). The Balaban J connectivity index is 1.80. The maximum absolute atomic E-state index is 11.8. The van der Waals surface area contributed by atoms with Crippen LogP contribution in [0, 0.1) is 6.92 Å². The molecule has 140 valence electrons. The number of nitrogens with two attached hydrogens (primary N) is 1.